The summed E-state index contributed by atoms with van der Waals surface area (Å²) in [4.78, 5) is 13.4. The Bertz CT molecular complexity index is 970. The van der Waals surface area contributed by atoms with E-state index in [1.165, 1.54) is 17.4 Å². The Morgan fingerprint density at radius 1 is 1.14 bits per heavy atom. The number of nitrogens with one attached hydrogen (secondary N) is 1. The molecule has 0 atom stereocenters. The molecular weight excluding hydrogens is 379 g/mol. The van der Waals surface area contributed by atoms with Gasteiger partial charge in [0.1, 0.15) is 17.6 Å². The lowest BCUT2D eigenvalue weighted by molar-refractivity contribution is 0.0780. The van der Waals surface area contributed by atoms with Crippen molar-refractivity contribution in [2.75, 3.05) is 18.5 Å². The largest absolute Gasteiger partial charge is 0.473 e. The van der Waals surface area contributed by atoms with Crippen LogP contribution in [0.3, 0.4) is 0 Å². The fourth-order valence-electron chi connectivity index (χ4n) is 3.77. The zero-order valence-corrected chi connectivity index (χ0v) is 16.1. The molecule has 3 heterocycles. The van der Waals surface area contributed by atoms with E-state index in [-0.39, 0.29) is 18.0 Å². The number of hydrogen-bond acceptors (Lipinski definition) is 7. The van der Waals surface area contributed by atoms with Gasteiger partial charge >= 0.3 is 0 Å². The lowest BCUT2D eigenvalue weighted by atomic mass is 9.89. The third-order valence-electron chi connectivity index (χ3n) is 5.37. The molecule has 5 rings (SSSR count). The summed E-state index contributed by atoms with van der Waals surface area (Å²) >= 11 is 1.36. The fraction of sp³-hybridized carbons (Fsp3) is 0.450. The van der Waals surface area contributed by atoms with E-state index < -0.39 is 0 Å². The first-order valence-electron chi connectivity index (χ1n) is 9.63. The normalized spacial score (nSPS) is 22.8. The van der Waals surface area contributed by atoms with E-state index in [4.69, 9.17) is 9.47 Å². The van der Waals surface area contributed by atoms with Crippen molar-refractivity contribution in [3.05, 3.63) is 42.1 Å². The SMILES string of the molecule is Fc1cccc2nc(N[C@H]3C[C@H](Oc4nccnc4C4CCOCC4)C3)sc12. The Labute approximate surface area is 166 Å². The Morgan fingerprint density at radius 2 is 1.96 bits per heavy atom. The molecule has 0 radical (unpaired) electrons. The van der Waals surface area contributed by atoms with Crippen LogP contribution in [0.4, 0.5) is 9.52 Å². The van der Waals surface area contributed by atoms with Gasteiger partial charge in [0.2, 0.25) is 5.88 Å². The molecule has 2 aromatic heterocycles. The van der Waals surface area contributed by atoms with Crippen LogP contribution in [0, 0.1) is 5.82 Å². The van der Waals surface area contributed by atoms with Crippen molar-refractivity contribution in [2.45, 2.75) is 43.7 Å². The number of hydrogen-bond donors (Lipinski definition) is 1. The standard InChI is InChI=1S/C20H21FN4O2S/c21-15-2-1-3-16-18(15)28-20(25-16)24-13-10-14(11-13)27-19-17(22-6-7-23-19)12-4-8-26-9-5-12/h1-3,6-7,12-14H,4-5,8-11H2,(H,24,25)/t13-,14-. The van der Waals surface area contributed by atoms with Gasteiger partial charge in [0.15, 0.2) is 5.13 Å². The third-order valence-corrected chi connectivity index (χ3v) is 6.38. The number of fused-ring (bicyclic) bond motifs is 1. The summed E-state index contributed by atoms with van der Waals surface area (Å²) in [5, 5.41) is 4.15. The zero-order valence-electron chi connectivity index (χ0n) is 15.3. The Kier molecular flexibility index (Phi) is 4.82. The average molecular weight is 400 g/mol. The molecule has 1 saturated carbocycles. The van der Waals surface area contributed by atoms with Crippen molar-refractivity contribution in [3.8, 4) is 5.88 Å². The number of thiazole rings is 1. The molecule has 1 N–H and O–H groups in total. The first-order valence-corrected chi connectivity index (χ1v) is 10.4. The van der Waals surface area contributed by atoms with Crippen LogP contribution in [0.2, 0.25) is 0 Å². The number of aromatic nitrogens is 3. The van der Waals surface area contributed by atoms with Crippen molar-refractivity contribution in [2.24, 2.45) is 0 Å². The Hall–Kier alpha value is -2.32. The van der Waals surface area contributed by atoms with E-state index in [1.54, 1.807) is 18.5 Å². The van der Waals surface area contributed by atoms with Crippen molar-refractivity contribution in [1.82, 2.24) is 15.0 Å². The van der Waals surface area contributed by atoms with Gasteiger partial charge in [0, 0.05) is 50.4 Å². The predicted octanol–water partition coefficient (Wildman–Crippen LogP) is 4.14. The van der Waals surface area contributed by atoms with Gasteiger partial charge in [-0.3, -0.25) is 4.98 Å². The van der Waals surface area contributed by atoms with Gasteiger partial charge in [-0.1, -0.05) is 17.4 Å². The molecule has 8 heteroatoms. The second kappa shape index (κ2) is 7.60. The van der Waals surface area contributed by atoms with Crippen LogP contribution in [0.5, 0.6) is 5.88 Å². The molecule has 146 valence electrons. The summed E-state index contributed by atoms with van der Waals surface area (Å²) < 4.78 is 26.0. The molecule has 0 unspecified atom stereocenters. The van der Waals surface area contributed by atoms with Gasteiger partial charge in [0.05, 0.1) is 10.2 Å². The van der Waals surface area contributed by atoms with Crippen LogP contribution in [-0.2, 0) is 4.74 Å². The zero-order chi connectivity index (χ0) is 18.9. The number of rotatable bonds is 5. The van der Waals surface area contributed by atoms with Gasteiger partial charge in [-0.25, -0.2) is 14.4 Å². The summed E-state index contributed by atoms with van der Waals surface area (Å²) in [5.74, 6) is 0.783. The molecule has 0 amide bonds. The van der Waals surface area contributed by atoms with E-state index in [1.807, 2.05) is 6.07 Å². The molecule has 3 aromatic rings. The summed E-state index contributed by atoms with van der Waals surface area (Å²) in [5.41, 5.74) is 1.64. The highest BCUT2D eigenvalue weighted by Gasteiger charge is 2.33. The second-order valence-electron chi connectivity index (χ2n) is 7.29. The molecule has 0 spiro atoms. The predicted molar refractivity (Wildman–Crippen MR) is 105 cm³/mol. The number of ether oxygens (including phenoxy) is 2. The van der Waals surface area contributed by atoms with Crippen LogP contribution in [0.1, 0.15) is 37.3 Å². The van der Waals surface area contributed by atoms with E-state index in [0.717, 1.165) is 49.7 Å². The van der Waals surface area contributed by atoms with Crippen LogP contribution in [0.15, 0.2) is 30.6 Å². The summed E-state index contributed by atoms with van der Waals surface area (Å²) in [6, 6.07) is 5.26. The van der Waals surface area contributed by atoms with Crippen molar-refractivity contribution in [1.29, 1.82) is 0 Å². The fourth-order valence-corrected chi connectivity index (χ4v) is 4.71. The van der Waals surface area contributed by atoms with Gasteiger partial charge in [-0.15, -0.1) is 0 Å². The number of nitrogens with zero attached hydrogens (tertiary/aromatic N) is 3. The summed E-state index contributed by atoms with van der Waals surface area (Å²) in [6.45, 7) is 1.53. The first-order chi connectivity index (χ1) is 13.8. The molecule has 1 aliphatic carbocycles. The molecule has 2 aliphatic rings. The maximum atomic E-state index is 13.8. The number of anilines is 1. The minimum atomic E-state index is -0.221. The van der Waals surface area contributed by atoms with E-state index in [0.29, 0.717) is 22.0 Å². The van der Waals surface area contributed by atoms with Crippen LogP contribution in [-0.4, -0.2) is 40.3 Å². The molecule has 6 nitrogen and oxygen atoms in total. The molecule has 0 bridgehead atoms. The molecule has 1 aromatic carbocycles. The molecular formula is C20H21FN4O2S. The highest BCUT2D eigenvalue weighted by molar-refractivity contribution is 7.22. The molecule has 2 fully saturated rings. The minimum Gasteiger partial charge on any atom is -0.473 e. The first kappa shape index (κ1) is 17.8. The topological polar surface area (TPSA) is 69.2 Å². The average Bonchev–Trinajstić information content (AvgIpc) is 3.11. The Morgan fingerprint density at radius 3 is 2.79 bits per heavy atom. The van der Waals surface area contributed by atoms with E-state index in [9.17, 15) is 4.39 Å². The lowest BCUT2D eigenvalue weighted by Crippen LogP contribution is -2.42. The second-order valence-corrected chi connectivity index (χ2v) is 8.29. The summed E-state index contributed by atoms with van der Waals surface area (Å²) in [7, 11) is 0. The van der Waals surface area contributed by atoms with Gasteiger partial charge in [0.25, 0.3) is 0 Å². The summed E-state index contributed by atoms with van der Waals surface area (Å²) in [6.07, 6.45) is 7.16. The van der Waals surface area contributed by atoms with E-state index >= 15 is 0 Å². The maximum absolute atomic E-state index is 13.8. The third kappa shape index (κ3) is 3.54. The van der Waals surface area contributed by atoms with Gasteiger partial charge < -0.3 is 14.8 Å². The molecule has 1 saturated heterocycles. The van der Waals surface area contributed by atoms with Crippen molar-refractivity contribution in [3.63, 3.8) is 0 Å². The van der Waals surface area contributed by atoms with Crippen LogP contribution < -0.4 is 10.1 Å². The molecule has 28 heavy (non-hydrogen) atoms. The monoisotopic (exact) mass is 400 g/mol. The van der Waals surface area contributed by atoms with Crippen LogP contribution in [0.25, 0.3) is 10.2 Å². The van der Waals surface area contributed by atoms with Crippen LogP contribution >= 0.6 is 11.3 Å². The number of benzene rings is 1. The minimum absolute atomic E-state index is 0.110. The molecule has 1 aliphatic heterocycles. The van der Waals surface area contributed by atoms with Crippen molar-refractivity contribution >= 4 is 26.7 Å². The highest BCUT2D eigenvalue weighted by atomic mass is 32.1. The van der Waals surface area contributed by atoms with Gasteiger partial charge in [-0.05, 0) is 25.0 Å². The van der Waals surface area contributed by atoms with E-state index in [2.05, 4.69) is 20.3 Å². The quantitative estimate of drug-likeness (QED) is 0.694. The highest BCUT2D eigenvalue weighted by Crippen LogP contribution is 2.35. The number of halogens is 1. The maximum Gasteiger partial charge on any atom is 0.236 e. The van der Waals surface area contributed by atoms with Gasteiger partial charge in [-0.2, -0.15) is 0 Å². The van der Waals surface area contributed by atoms with Crippen molar-refractivity contribution < 1.29 is 13.9 Å². The lowest BCUT2D eigenvalue weighted by Gasteiger charge is -2.36. The Balaban J connectivity index is 1.20. The smallest absolute Gasteiger partial charge is 0.236 e.